The number of benzene rings is 2. The van der Waals surface area contributed by atoms with Crippen LogP contribution in [0.5, 0.6) is 0 Å². The summed E-state index contributed by atoms with van der Waals surface area (Å²) in [5.74, 6) is -1.12. The zero-order chi connectivity index (χ0) is 21.5. The molecule has 0 unspecified atom stereocenters. The average Bonchev–Trinajstić information content (AvgIpc) is 2.76. The summed E-state index contributed by atoms with van der Waals surface area (Å²) in [6, 6.07) is 22.2. The molecule has 0 atom stereocenters. The van der Waals surface area contributed by atoms with Gasteiger partial charge in [-0.2, -0.15) is 0 Å². The Labute approximate surface area is 182 Å². The number of hydrogen-bond acceptors (Lipinski definition) is 5. The van der Waals surface area contributed by atoms with Gasteiger partial charge in [0.1, 0.15) is 0 Å². The van der Waals surface area contributed by atoms with Gasteiger partial charge in [0.05, 0.1) is 0 Å². The Morgan fingerprint density at radius 1 is 0.733 bits per heavy atom. The van der Waals surface area contributed by atoms with Crippen LogP contribution in [0.1, 0.15) is 34.1 Å². The Kier molecular flexibility index (Phi) is 8.03. The predicted molar refractivity (Wildman–Crippen MR) is 123 cm³/mol. The van der Waals surface area contributed by atoms with E-state index in [1.54, 1.807) is 0 Å². The van der Waals surface area contributed by atoms with E-state index >= 15 is 0 Å². The van der Waals surface area contributed by atoms with Gasteiger partial charge in [-0.3, -0.25) is 0 Å². The van der Waals surface area contributed by atoms with E-state index in [-0.39, 0.29) is 0 Å². The van der Waals surface area contributed by atoms with Gasteiger partial charge >= 0.3 is 8.32 Å². The molecular weight excluding hydrogens is 412 g/mol. The van der Waals surface area contributed by atoms with E-state index in [2.05, 4.69) is 60.7 Å². The molecule has 2 aromatic rings. The van der Waals surface area contributed by atoms with Gasteiger partial charge in [-0.15, -0.1) is 0 Å². The second-order valence-electron chi connectivity index (χ2n) is 7.21. The monoisotopic (exact) mass is 446 g/mol. The molecule has 0 amide bonds. The highest BCUT2D eigenvalue weighted by atomic mass is 29.3. The highest BCUT2D eigenvalue weighted by molar-refractivity contribution is 7.46. The number of hydrogen-bond donors (Lipinski definition) is 0. The maximum Gasteiger partial charge on any atom is 0.485 e. The van der Waals surface area contributed by atoms with Crippen molar-refractivity contribution in [3.05, 3.63) is 60.7 Å². The number of rotatable bonds is 10. The van der Waals surface area contributed by atoms with Gasteiger partial charge in [-0.1, -0.05) is 60.7 Å². The number of ether oxygens (including phenoxy) is 2. The van der Waals surface area contributed by atoms with Crippen LogP contribution < -0.4 is 10.4 Å². The molecule has 164 valence electrons. The first-order valence-corrected chi connectivity index (χ1v) is 15.9. The molecule has 1 aliphatic rings. The quantitative estimate of drug-likeness (QED) is 0.413. The highest BCUT2D eigenvalue weighted by Gasteiger charge is 2.71. The van der Waals surface area contributed by atoms with Crippen LogP contribution in [-0.4, -0.2) is 48.3 Å². The van der Waals surface area contributed by atoms with Crippen LogP contribution in [0, 0.1) is 0 Å². The van der Waals surface area contributed by atoms with Crippen molar-refractivity contribution >= 4 is 26.3 Å². The van der Waals surface area contributed by atoms with Crippen molar-refractivity contribution in [3.63, 3.8) is 0 Å². The fraction of sp³-hybridized carbons (Fsp3) is 0.478. The van der Waals surface area contributed by atoms with Crippen LogP contribution in [0.4, 0.5) is 0 Å². The summed E-state index contributed by atoms with van der Waals surface area (Å²) in [4.78, 5) is 0. The van der Waals surface area contributed by atoms with Gasteiger partial charge in [0, 0.05) is 32.8 Å². The Bertz CT molecular complexity index is 720. The van der Waals surface area contributed by atoms with Crippen molar-refractivity contribution in [2.45, 2.75) is 46.1 Å². The van der Waals surface area contributed by atoms with Crippen LogP contribution in [-0.2, 0) is 22.8 Å². The summed E-state index contributed by atoms with van der Waals surface area (Å²) in [6.45, 7) is 9.94. The lowest BCUT2D eigenvalue weighted by Crippen LogP contribution is -2.84. The van der Waals surface area contributed by atoms with E-state index in [1.807, 2.05) is 27.7 Å². The van der Waals surface area contributed by atoms with Crippen LogP contribution in [0.25, 0.3) is 0 Å². The molecule has 0 bridgehead atoms. The van der Waals surface area contributed by atoms with Crippen molar-refractivity contribution in [2.24, 2.45) is 0 Å². The molecule has 30 heavy (non-hydrogen) atoms. The standard InChI is InChI=1S/C23H34O5Si2/c1-5-24-23(25-6-2)19-20-29(21-15-11-9-12-16-21,22-17-13-10-14-18-22)30(28-23,26-7-3)27-8-4/h9-18H,5-8,19-20H2,1-4H3. The van der Waals surface area contributed by atoms with E-state index < -0.39 is 21.9 Å². The molecule has 1 fully saturated rings. The van der Waals surface area contributed by atoms with Gasteiger partial charge in [0.25, 0.3) is 5.97 Å². The van der Waals surface area contributed by atoms with Crippen LogP contribution in [0.2, 0.25) is 6.04 Å². The summed E-state index contributed by atoms with van der Waals surface area (Å²) in [6.07, 6.45) is 0.638. The van der Waals surface area contributed by atoms with Crippen LogP contribution in [0.3, 0.4) is 0 Å². The zero-order valence-electron chi connectivity index (χ0n) is 18.6. The lowest BCUT2D eigenvalue weighted by atomic mass is 10.4. The van der Waals surface area contributed by atoms with Crippen molar-refractivity contribution in [1.82, 2.24) is 0 Å². The van der Waals surface area contributed by atoms with E-state index in [1.165, 1.54) is 10.4 Å². The fourth-order valence-electron chi connectivity index (χ4n) is 4.50. The summed E-state index contributed by atoms with van der Waals surface area (Å²) in [7, 11) is -5.86. The maximum atomic E-state index is 6.86. The lowest BCUT2D eigenvalue weighted by Gasteiger charge is -2.53. The second-order valence-corrected chi connectivity index (χ2v) is 17.0. The van der Waals surface area contributed by atoms with E-state index in [9.17, 15) is 0 Å². The molecule has 0 N–H and O–H groups in total. The average molecular weight is 447 g/mol. The van der Waals surface area contributed by atoms with Gasteiger partial charge in [0.2, 0.25) is 7.59 Å². The van der Waals surface area contributed by atoms with E-state index in [4.69, 9.17) is 22.8 Å². The molecule has 7 heteroatoms. The molecule has 2 aromatic carbocycles. The Balaban J connectivity index is 2.26. The fourth-order valence-corrected chi connectivity index (χ4v) is 18.6. The van der Waals surface area contributed by atoms with Gasteiger partial charge in [-0.05, 0) is 44.1 Å². The molecule has 1 aliphatic heterocycles. The minimum Gasteiger partial charge on any atom is -0.376 e. The topological polar surface area (TPSA) is 46.2 Å². The van der Waals surface area contributed by atoms with E-state index in [0.29, 0.717) is 32.8 Å². The molecule has 0 aromatic heterocycles. The SMILES string of the molecule is CCOC1(OCC)CC[Si](c2ccccc2)(c2ccccc2)[Si](OCC)(OCC)O1. The van der Waals surface area contributed by atoms with Gasteiger partial charge < -0.3 is 22.8 Å². The Morgan fingerprint density at radius 2 is 1.20 bits per heavy atom. The first-order chi connectivity index (χ1) is 14.6. The molecule has 0 aliphatic carbocycles. The summed E-state index contributed by atoms with van der Waals surface area (Å²) in [5, 5.41) is 2.54. The first kappa shape index (κ1) is 23.3. The lowest BCUT2D eigenvalue weighted by molar-refractivity contribution is -0.357. The van der Waals surface area contributed by atoms with Gasteiger partial charge in [-0.25, -0.2) is 0 Å². The summed E-state index contributed by atoms with van der Waals surface area (Å²) >= 11 is 0. The first-order valence-electron chi connectivity index (χ1n) is 11.0. The highest BCUT2D eigenvalue weighted by Crippen LogP contribution is 2.41. The molecule has 0 spiro atoms. The molecule has 0 radical (unpaired) electrons. The molecule has 5 nitrogen and oxygen atoms in total. The van der Waals surface area contributed by atoms with Gasteiger partial charge in [0.15, 0.2) is 0 Å². The predicted octanol–water partition coefficient (Wildman–Crippen LogP) is 3.49. The second kappa shape index (κ2) is 10.3. The molecule has 0 saturated carbocycles. The van der Waals surface area contributed by atoms with Crippen molar-refractivity contribution in [2.75, 3.05) is 26.4 Å². The third-order valence-electron chi connectivity index (χ3n) is 5.55. The molecular formula is C23H34O5Si2. The smallest absolute Gasteiger partial charge is 0.376 e. The normalized spacial score (nSPS) is 19.5. The van der Waals surface area contributed by atoms with Crippen LogP contribution >= 0.6 is 0 Å². The summed E-state index contributed by atoms with van der Waals surface area (Å²) in [5.41, 5.74) is 0. The minimum absolute atomic E-state index is 0.494. The maximum absolute atomic E-state index is 6.86. The molecule has 3 rings (SSSR count). The molecule has 1 saturated heterocycles. The minimum atomic E-state index is -3.27. The zero-order valence-corrected chi connectivity index (χ0v) is 20.6. The van der Waals surface area contributed by atoms with Crippen molar-refractivity contribution < 1.29 is 22.8 Å². The van der Waals surface area contributed by atoms with E-state index in [0.717, 1.165) is 6.04 Å². The summed E-state index contributed by atoms with van der Waals surface area (Å²) < 4.78 is 32.2. The Morgan fingerprint density at radius 3 is 1.60 bits per heavy atom. The third kappa shape index (κ3) is 4.20. The third-order valence-corrected chi connectivity index (χ3v) is 18.9. The van der Waals surface area contributed by atoms with Crippen molar-refractivity contribution in [3.8, 4) is 0 Å². The van der Waals surface area contributed by atoms with Crippen molar-refractivity contribution in [1.29, 1.82) is 0 Å². The molecule has 1 heterocycles. The van der Waals surface area contributed by atoms with Crippen LogP contribution in [0.15, 0.2) is 60.7 Å². The Hall–Kier alpha value is -1.33. The largest absolute Gasteiger partial charge is 0.485 e.